The SMILES string of the molecule is CCc1ccc2oc(C(=O)NC[C@@H](c3ccc(C)o3)N3CCC(C)CC3)cc(=O)c2c1. The number of benzene rings is 1. The number of rotatable bonds is 6. The van der Waals surface area contributed by atoms with Crippen molar-refractivity contribution >= 4 is 16.9 Å². The third-order valence-corrected chi connectivity index (χ3v) is 6.23. The van der Waals surface area contributed by atoms with E-state index in [0.717, 1.165) is 49.4 Å². The minimum absolute atomic E-state index is 0.0309. The Morgan fingerprint density at radius 2 is 1.94 bits per heavy atom. The summed E-state index contributed by atoms with van der Waals surface area (Å²) in [5.41, 5.74) is 1.28. The highest BCUT2D eigenvalue weighted by Gasteiger charge is 2.27. The van der Waals surface area contributed by atoms with E-state index in [1.54, 1.807) is 6.07 Å². The van der Waals surface area contributed by atoms with E-state index in [-0.39, 0.29) is 17.2 Å². The molecule has 1 saturated heterocycles. The molecule has 3 heterocycles. The molecule has 1 aliphatic heterocycles. The third kappa shape index (κ3) is 4.74. The van der Waals surface area contributed by atoms with Crippen LogP contribution in [0.4, 0.5) is 0 Å². The summed E-state index contributed by atoms with van der Waals surface area (Å²) in [6.07, 6.45) is 3.09. The van der Waals surface area contributed by atoms with Gasteiger partial charge >= 0.3 is 0 Å². The van der Waals surface area contributed by atoms with Gasteiger partial charge in [-0.1, -0.05) is 19.9 Å². The van der Waals surface area contributed by atoms with Crippen LogP contribution in [0.5, 0.6) is 0 Å². The minimum atomic E-state index is -0.391. The van der Waals surface area contributed by atoms with Gasteiger partial charge in [-0.2, -0.15) is 0 Å². The Balaban J connectivity index is 1.53. The lowest BCUT2D eigenvalue weighted by Crippen LogP contribution is -2.41. The fourth-order valence-corrected chi connectivity index (χ4v) is 4.19. The molecule has 31 heavy (non-hydrogen) atoms. The number of hydrogen-bond acceptors (Lipinski definition) is 5. The van der Waals surface area contributed by atoms with Gasteiger partial charge in [0.2, 0.25) is 0 Å². The van der Waals surface area contributed by atoms with Crippen LogP contribution in [-0.2, 0) is 6.42 Å². The number of nitrogens with one attached hydrogen (secondary N) is 1. The van der Waals surface area contributed by atoms with Gasteiger partial charge in [-0.3, -0.25) is 14.5 Å². The first kappa shape index (κ1) is 21.4. The van der Waals surface area contributed by atoms with Crippen LogP contribution in [0.25, 0.3) is 11.0 Å². The Kier molecular flexibility index (Phi) is 6.28. The molecule has 2 aromatic heterocycles. The zero-order chi connectivity index (χ0) is 22.0. The second kappa shape index (κ2) is 9.10. The molecule has 0 unspecified atom stereocenters. The number of carbonyl (C=O) groups excluding carboxylic acids is 1. The molecule has 0 aliphatic carbocycles. The molecule has 1 amide bonds. The summed E-state index contributed by atoms with van der Waals surface area (Å²) in [4.78, 5) is 27.8. The number of carbonyl (C=O) groups is 1. The fourth-order valence-electron chi connectivity index (χ4n) is 4.19. The molecule has 0 bridgehead atoms. The average molecular weight is 423 g/mol. The molecular formula is C25H30N2O4. The second-order valence-corrected chi connectivity index (χ2v) is 8.55. The van der Waals surface area contributed by atoms with E-state index in [0.29, 0.717) is 23.4 Å². The molecule has 1 N–H and O–H groups in total. The number of nitrogens with zero attached hydrogens (tertiary/aromatic N) is 1. The van der Waals surface area contributed by atoms with Crippen molar-refractivity contribution in [3.05, 3.63) is 69.5 Å². The molecule has 3 aromatic rings. The highest BCUT2D eigenvalue weighted by Crippen LogP contribution is 2.27. The summed E-state index contributed by atoms with van der Waals surface area (Å²) >= 11 is 0. The molecule has 0 radical (unpaired) electrons. The second-order valence-electron chi connectivity index (χ2n) is 8.55. The molecule has 4 rings (SSSR count). The maximum Gasteiger partial charge on any atom is 0.287 e. The van der Waals surface area contributed by atoms with Crippen LogP contribution < -0.4 is 10.7 Å². The van der Waals surface area contributed by atoms with Crippen molar-refractivity contribution in [3.63, 3.8) is 0 Å². The van der Waals surface area contributed by atoms with Crippen LogP contribution in [0.2, 0.25) is 0 Å². The standard InChI is InChI=1S/C25H30N2O4/c1-4-18-6-8-22-19(13-18)21(28)14-24(31-22)25(29)26-15-20(23-7-5-17(3)30-23)27-11-9-16(2)10-12-27/h5-8,13-14,16,20H,4,9-12,15H2,1-3H3,(H,26,29)/t20-/m0/s1. The highest BCUT2D eigenvalue weighted by atomic mass is 16.3. The zero-order valence-corrected chi connectivity index (χ0v) is 18.4. The van der Waals surface area contributed by atoms with Crippen LogP contribution in [-0.4, -0.2) is 30.4 Å². The van der Waals surface area contributed by atoms with E-state index >= 15 is 0 Å². The summed E-state index contributed by atoms with van der Waals surface area (Å²) in [7, 11) is 0. The fraction of sp³-hybridized carbons (Fsp3) is 0.440. The molecule has 164 valence electrons. The Labute approximate surface area is 182 Å². The average Bonchev–Trinajstić information content (AvgIpc) is 3.20. The Morgan fingerprint density at radius 1 is 1.16 bits per heavy atom. The molecule has 1 aromatic carbocycles. The zero-order valence-electron chi connectivity index (χ0n) is 18.4. The number of piperidine rings is 1. The smallest absolute Gasteiger partial charge is 0.287 e. The number of furan rings is 1. The highest BCUT2D eigenvalue weighted by molar-refractivity contribution is 5.93. The van der Waals surface area contributed by atoms with Gasteiger partial charge in [0, 0.05) is 12.6 Å². The Morgan fingerprint density at radius 3 is 2.61 bits per heavy atom. The number of hydrogen-bond donors (Lipinski definition) is 1. The van der Waals surface area contributed by atoms with Gasteiger partial charge in [-0.15, -0.1) is 0 Å². The first-order valence-corrected chi connectivity index (χ1v) is 11.1. The van der Waals surface area contributed by atoms with Crippen LogP contribution in [0.3, 0.4) is 0 Å². The molecule has 6 heteroatoms. The van der Waals surface area contributed by atoms with Crippen molar-refractivity contribution in [1.82, 2.24) is 10.2 Å². The predicted octanol–water partition coefficient (Wildman–Crippen LogP) is 4.46. The normalized spacial score (nSPS) is 16.5. The van der Waals surface area contributed by atoms with Gasteiger partial charge in [-0.25, -0.2) is 0 Å². The van der Waals surface area contributed by atoms with Crippen molar-refractivity contribution in [2.24, 2.45) is 5.92 Å². The van der Waals surface area contributed by atoms with Gasteiger partial charge < -0.3 is 14.2 Å². The van der Waals surface area contributed by atoms with Gasteiger partial charge in [0.15, 0.2) is 11.2 Å². The minimum Gasteiger partial charge on any atom is -0.465 e. The maximum absolute atomic E-state index is 12.8. The maximum atomic E-state index is 12.8. The Bertz CT molecular complexity index is 1120. The lowest BCUT2D eigenvalue weighted by Gasteiger charge is -2.35. The van der Waals surface area contributed by atoms with Crippen molar-refractivity contribution < 1.29 is 13.6 Å². The van der Waals surface area contributed by atoms with E-state index < -0.39 is 5.91 Å². The quantitative estimate of drug-likeness (QED) is 0.635. The summed E-state index contributed by atoms with van der Waals surface area (Å²) in [6.45, 7) is 8.54. The topological polar surface area (TPSA) is 75.7 Å². The number of likely N-dealkylation sites (tertiary alicyclic amines) is 1. The summed E-state index contributed by atoms with van der Waals surface area (Å²) in [5, 5.41) is 3.46. The summed E-state index contributed by atoms with van der Waals surface area (Å²) in [5.74, 6) is 2.05. The van der Waals surface area contributed by atoms with E-state index in [9.17, 15) is 9.59 Å². The molecule has 0 saturated carbocycles. The van der Waals surface area contributed by atoms with Gasteiger partial charge in [0.05, 0.1) is 11.4 Å². The molecule has 1 fully saturated rings. The van der Waals surface area contributed by atoms with Crippen molar-refractivity contribution in [2.75, 3.05) is 19.6 Å². The van der Waals surface area contributed by atoms with Crippen molar-refractivity contribution in [3.8, 4) is 0 Å². The molecule has 1 atom stereocenters. The molecular weight excluding hydrogens is 392 g/mol. The lowest BCUT2D eigenvalue weighted by molar-refractivity contribution is 0.0870. The number of amides is 1. The van der Waals surface area contributed by atoms with Gasteiger partial charge in [0.25, 0.3) is 5.91 Å². The van der Waals surface area contributed by atoms with Crippen LogP contribution >= 0.6 is 0 Å². The van der Waals surface area contributed by atoms with Gasteiger partial charge in [0.1, 0.15) is 17.1 Å². The largest absolute Gasteiger partial charge is 0.465 e. The number of aryl methyl sites for hydroxylation is 2. The van der Waals surface area contributed by atoms with Gasteiger partial charge in [-0.05, 0) is 75.0 Å². The van der Waals surface area contributed by atoms with Crippen LogP contribution in [0.1, 0.15) is 60.4 Å². The van der Waals surface area contributed by atoms with E-state index in [2.05, 4.69) is 17.1 Å². The van der Waals surface area contributed by atoms with Crippen molar-refractivity contribution in [2.45, 2.75) is 46.1 Å². The van der Waals surface area contributed by atoms with Crippen LogP contribution in [0, 0.1) is 12.8 Å². The van der Waals surface area contributed by atoms with E-state index in [1.807, 2.05) is 38.1 Å². The predicted molar refractivity (Wildman–Crippen MR) is 120 cm³/mol. The first-order valence-electron chi connectivity index (χ1n) is 11.1. The summed E-state index contributed by atoms with van der Waals surface area (Å²) in [6, 6.07) is 10.7. The first-order chi connectivity index (χ1) is 14.9. The van der Waals surface area contributed by atoms with E-state index in [4.69, 9.17) is 8.83 Å². The number of fused-ring (bicyclic) bond motifs is 1. The monoisotopic (exact) mass is 422 g/mol. The van der Waals surface area contributed by atoms with E-state index in [1.165, 1.54) is 6.07 Å². The lowest BCUT2D eigenvalue weighted by atomic mass is 9.97. The molecule has 0 spiro atoms. The Hall–Kier alpha value is -2.86. The summed E-state index contributed by atoms with van der Waals surface area (Å²) < 4.78 is 11.7. The van der Waals surface area contributed by atoms with Crippen molar-refractivity contribution in [1.29, 1.82) is 0 Å². The molecule has 1 aliphatic rings. The third-order valence-electron chi connectivity index (χ3n) is 6.23. The molecule has 6 nitrogen and oxygen atoms in total. The van der Waals surface area contributed by atoms with Crippen LogP contribution in [0.15, 0.2) is 50.0 Å².